The maximum Gasteiger partial charge on any atom is 0.401 e. The molecule has 0 saturated heterocycles. The minimum absolute atomic E-state index is 0.306. The second-order valence-electron chi connectivity index (χ2n) is 2.47. The van der Waals surface area contributed by atoms with E-state index in [1.165, 1.54) is 11.9 Å². The third kappa shape index (κ3) is 7.94. The second-order valence-corrected chi connectivity index (χ2v) is 2.83. The Bertz CT molecular complexity index is 144. The van der Waals surface area contributed by atoms with Crippen molar-refractivity contribution in [2.45, 2.75) is 6.18 Å². The van der Waals surface area contributed by atoms with Gasteiger partial charge in [0.2, 0.25) is 0 Å². The van der Waals surface area contributed by atoms with Gasteiger partial charge in [-0.15, -0.1) is 0 Å². The molecule has 0 rings (SSSR count). The first-order valence-electron chi connectivity index (χ1n) is 3.47. The zero-order chi connectivity index (χ0) is 9.61. The lowest BCUT2D eigenvalue weighted by Crippen LogP contribution is -2.31. The van der Waals surface area contributed by atoms with Crippen LogP contribution in [0.25, 0.3) is 0 Å². The predicted octanol–water partition coefficient (Wildman–Crippen LogP) is 1.97. The Hall–Kier alpha value is -0.160. The number of likely N-dealkylation sites (N-methyl/N-ethyl adjacent to an activating group) is 1. The Morgan fingerprint density at radius 2 is 1.92 bits per heavy atom. The van der Waals surface area contributed by atoms with E-state index in [-0.39, 0.29) is 0 Å². The summed E-state index contributed by atoms with van der Waals surface area (Å²) in [6, 6.07) is 0. The molecule has 0 N–H and O–H groups in total. The van der Waals surface area contributed by atoms with Gasteiger partial charge in [0.25, 0.3) is 0 Å². The predicted molar refractivity (Wildman–Crippen MR) is 46.5 cm³/mol. The SMILES string of the molecule is CN(CC=CCS)CC(F)(F)F. The maximum atomic E-state index is 11.7. The van der Waals surface area contributed by atoms with E-state index >= 15 is 0 Å². The summed E-state index contributed by atoms with van der Waals surface area (Å²) in [7, 11) is 1.43. The summed E-state index contributed by atoms with van der Waals surface area (Å²) < 4.78 is 35.2. The standard InChI is InChI=1S/C7H12F3NS/c1-11(4-2-3-5-12)6-7(8,9)10/h2-3,12H,4-6H2,1H3. The lowest BCUT2D eigenvalue weighted by atomic mass is 10.4. The summed E-state index contributed by atoms with van der Waals surface area (Å²) >= 11 is 3.88. The van der Waals surface area contributed by atoms with Crippen molar-refractivity contribution in [2.75, 3.05) is 25.9 Å². The molecule has 0 bridgehead atoms. The number of nitrogens with zero attached hydrogens (tertiary/aromatic N) is 1. The van der Waals surface area contributed by atoms with Gasteiger partial charge in [0.05, 0.1) is 6.54 Å². The van der Waals surface area contributed by atoms with Gasteiger partial charge in [-0.25, -0.2) is 0 Å². The highest BCUT2D eigenvalue weighted by molar-refractivity contribution is 7.80. The fraction of sp³-hybridized carbons (Fsp3) is 0.714. The topological polar surface area (TPSA) is 3.24 Å². The summed E-state index contributed by atoms with van der Waals surface area (Å²) in [6.45, 7) is -0.565. The fourth-order valence-corrected chi connectivity index (χ4v) is 0.849. The van der Waals surface area contributed by atoms with Crippen molar-refractivity contribution in [1.82, 2.24) is 4.90 Å². The molecule has 0 aliphatic heterocycles. The van der Waals surface area contributed by atoms with Gasteiger partial charge in [0, 0.05) is 12.3 Å². The molecule has 0 aliphatic carbocycles. The molecule has 5 heteroatoms. The first-order valence-corrected chi connectivity index (χ1v) is 4.10. The van der Waals surface area contributed by atoms with E-state index in [0.29, 0.717) is 12.3 Å². The Labute approximate surface area is 75.7 Å². The van der Waals surface area contributed by atoms with Crippen molar-refractivity contribution in [3.05, 3.63) is 12.2 Å². The van der Waals surface area contributed by atoms with Crippen LogP contribution in [0.4, 0.5) is 13.2 Å². The van der Waals surface area contributed by atoms with Crippen molar-refractivity contribution < 1.29 is 13.2 Å². The summed E-state index contributed by atoms with van der Waals surface area (Å²) in [5.41, 5.74) is 0. The molecule has 0 radical (unpaired) electrons. The summed E-state index contributed by atoms with van der Waals surface area (Å²) in [6.07, 6.45) is -0.724. The molecule has 0 amide bonds. The van der Waals surface area contributed by atoms with Crippen molar-refractivity contribution in [3.63, 3.8) is 0 Å². The summed E-state index contributed by atoms with van der Waals surface area (Å²) in [5.74, 6) is 0.555. The van der Waals surface area contributed by atoms with E-state index in [4.69, 9.17) is 0 Å². The van der Waals surface area contributed by atoms with Crippen LogP contribution in [0.3, 0.4) is 0 Å². The van der Waals surface area contributed by atoms with Crippen LogP contribution in [-0.2, 0) is 0 Å². The Morgan fingerprint density at radius 1 is 1.33 bits per heavy atom. The molecule has 0 aromatic heterocycles. The fourth-order valence-electron chi connectivity index (χ4n) is 0.700. The molecule has 0 aromatic rings. The zero-order valence-corrected chi connectivity index (χ0v) is 7.70. The van der Waals surface area contributed by atoms with Gasteiger partial charge in [0.15, 0.2) is 0 Å². The normalized spacial score (nSPS) is 13.2. The second kappa shape index (κ2) is 5.48. The monoisotopic (exact) mass is 199 g/mol. The maximum absolute atomic E-state index is 11.7. The molecule has 0 aromatic carbocycles. The van der Waals surface area contributed by atoms with Crippen molar-refractivity contribution in [1.29, 1.82) is 0 Å². The number of halogens is 3. The van der Waals surface area contributed by atoms with E-state index in [9.17, 15) is 13.2 Å². The van der Waals surface area contributed by atoms with Crippen LogP contribution in [0.5, 0.6) is 0 Å². The van der Waals surface area contributed by atoms with Crippen molar-refractivity contribution in [2.24, 2.45) is 0 Å². The molecule has 0 saturated carbocycles. The average Bonchev–Trinajstić information content (AvgIpc) is 1.84. The molecule has 0 unspecified atom stereocenters. The van der Waals surface area contributed by atoms with E-state index in [0.717, 1.165) is 0 Å². The highest BCUT2D eigenvalue weighted by Gasteiger charge is 2.28. The quantitative estimate of drug-likeness (QED) is 0.535. The minimum Gasteiger partial charge on any atom is -0.294 e. The van der Waals surface area contributed by atoms with E-state index in [1.54, 1.807) is 12.2 Å². The number of rotatable bonds is 4. The van der Waals surface area contributed by atoms with Crippen LogP contribution in [0.15, 0.2) is 12.2 Å². The molecule has 0 fully saturated rings. The lowest BCUT2D eigenvalue weighted by Gasteiger charge is -2.16. The smallest absolute Gasteiger partial charge is 0.294 e. The van der Waals surface area contributed by atoms with E-state index < -0.39 is 12.7 Å². The van der Waals surface area contributed by atoms with Crippen molar-refractivity contribution in [3.8, 4) is 0 Å². The highest BCUT2D eigenvalue weighted by atomic mass is 32.1. The van der Waals surface area contributed by atoms with Gasteiger partial charge in [-0.2, -0.15) is 25.8 Å². The van der Waals surface area contributed by atoms with Gasteiger partial charge < -0.3 is 0 Å². The zero-order valence-electron chi connectivity index (χ0n) is 6.80. The van der Waals surface area contributed by atoms with Crippen LogP contribution in [0, 0.1) is 0 Å². The molecular formula is C7H12F3NS. The summed E-state index contributed by atoms with van der Waals surface area (Å²) in [4.78, 5) is 1.19. The molecule has 0 heterocycles. The summed E-state index contributed by atoms with van der Waals surface area (Å²) in [5, 5.41) is 0. The molecular weight excluding hydrogens is 187 g/mol. The van der Waals surface area contributed by atoms with Crippen LogP contribution < -0.4 is 0 Å². The average molecular weight is 199 g/mol. The number of thiol groups is 1. The molecule has 0 aliphatic rings. The number of hydrogen-bond acceptors (Lipinski definition) is 2. The highest BCUT2D eigenvalue weighted by Crippen LogP contribution is 2.15. The Morgan fingerprint density at radius 3 is 2.33 bits per heavy atom. The van der Waals surface area contributed by atoms with E-state index in [2.05, 4.69) is 12.6 Å². The molecule has 72 valence electrons. The lowest BCUT2D eigenvalue weighted by molar-refractivity contribution is -0.141. The molecule has 1 nitrogen and oxygen atoms in total. The third-order valence-electron chi connectivity index (χ3n) is 1.14. The molecule has 0 spiro atoms. The van der Waals surface area contributed by atoms with Gasteiger partial charge >= 0.3 is 6.18 Å². The van der Waals surface area contributed by atoms with Gasteiger partial charge in [-0.1, -0.05) is 12.2 Å². The van der Waals surface area contributed by atoms with Crippen LogP contribution in [0.2, 0.25) is 0 Å². The van der Waals surface area contributed by atoms with E-state index in [1.807, 2.05) is 0 Å². The first kappa shape index (κ1) is 11.8. The Balaban J connectivity index is 3.60. The van der Waals surface area contributed by atoms with Crippen molar-refractivity contribution >= 4 is 12.6 Å². The van der Waals surface area contributed by atoms with Gasteiger partial charge in [0.1, 0.15) is 0 Å². The van der Waals surface area contributed by atoms with Gasteiger partial charge in [-0.3, -0.25) is 4.90 Å². The first-order chi connectivity index (χ1) is 5.45. The van der Waals surface area contributed by atoms with Crippen LogP contribution in [0.1, 0.15) is 0 Å². The molecule has 12 heavy (non-hydrogen) atoms. The Kier molecular flexibility index (Phi) is 5.41. The number of alkyl halides is 3. The van der Waals surface area contributed by atoms with Gasteiger partial charge in [-0.05, 0) is 7.05 Å². The third-order valence-corrected chi connectivity index (χ3v) is 1.35. The molecule has 0 atom stereocenters. The number of hydrogen-bond donors (Lipinski definition) is 1. The minimum atomic E-state index is -4.11. The van der Waals surface area contributed by atoms with Crippen LogP contribution in [-0.4, -0.2) is 37.0 Å². The largest absolute Gasteiger partial charge is 0.401 e. The van der Waals surface area contributed by atoms with Crippen LogP contribution >= 0.6 is 12.6 Å².